The lowest BCUT2D eigenvalue weighted by Gasteiger charge is -2.14. The Morgan fingerprint density at radius 1 is 1.37 bits per heavy atom. The molecule has 1 aromatic rings. The van der Waals surface area contributed by atoms with Gasteiger partial charge in [-0.3, -0.25) is 14.9 Å². The fraction of sp³-hybridized carbons (Fsp3) is 0.273. The minimum absolute atomic E-state index is 0.0849. The maximum Gasteiger partial charge on any atom is 0.337 e. The number of nitro groups is 1. The van der Waals surface area contributed by atoms with Crippen molar-refractivity contribution in [2.75, 3.05) is 0 Å². The number of Topliss-reactive ketones (excluding diaryl/α,β-unsaturated/α-hetero) is 1. The number of nitro benzene ring substituents is 1. The smallest absolute Gasteiger partial charge is 0.337 e. The molecule has 2 atom stereocenters. The van der Waals surface area contributed by atoms with Crippen LogP contribution in [-0.2, 0) is 9.59 Å². The molecular weight excluding hydrogens is 278 g/mol. The zero-order valence-electron chi connectivity index (χ0n) is 9.74. The van der Waals surface area contributed by atoms with E-state index >= 15 is 0 Å². The molecule has 0 fully saturated rings. The molecule has 0 aliphatic rings. The Bertz CT molecular complexity index is 544. The van der Waals surface area contributed by atoms with E-state index in [0.29, 0.717) is 0 Å². The number of halogens is 1. The number of carbonyl (C=O) groups is 2. The van der Waals surface area contributed by atoms with Gasteiger partial charge in [0.2, 0.25) is 0 Å². The Balaban J connectivity index is 3.42. The van der Waals surface area contributed by atoms with E-state index < -0.39 is 28.2 Å². The molecule has 102 valence electrons. The Morgan fingerprint density at radius 2 is 1.95 bits per heavy atom. The van der Waals surface area contributed by atoms with Crippen LogP contribution in [0.3, 0.4) is 0 Å². The van der Waals surface area contributed by atoms with Crippen molar-refractivity contribution in [3.63, 3.8) is 0 Å². The van der Waals surface area contributed by atoms with E-state index in [1.54, 1.807) is 0 Å². The molecule has 2 unspecified atom stereocenters. The van der Waals surface area contributed by atoms with Crippen molar-refractivity contribution in [3.8, 4) is 0 Å². The van der Waals surface area contributed by atoms with Crippen LogP contribution in [-0.4, -0.2) is 26.9 Å². The van der Waals surface area contributed by atoms with Gasteiger partial charge in [-0.25, -0.2) is 4.79 Å². The third kappa shape index (κ3) is 3.27. The SMILES string of the molecule is CC(=O)C(Cl)c1cc([N+](=O)[O-])ccc1C(O)C(=O)O. The highest BCUT2D eigenvalue weighted by Gasteiger charge is 2.27. The zero-order valence-corrected chi connectivity index (χ0v) is 10.5. The third-order valence-corrected chi connectivity index (χ3v) is 2.98. The van der Waals surface area contributed by atoms with Crippen molar-refractivity contribution in [2.45, 2.75) is 18.4 Å². The standard InChI is InChI=1S/C11H10ClNO6/c1-5(14)9(12)8-4-6(13(18)19)2-3-7(8)10(15)11(16)17/h2-4,9-10,15H,1H3,(H,16,17). The molecule has 0 spiro atoms. The highest BCUT2D eigenvalue weighted by atomic mass is 35.5. The number of carboxylic acids is 1. The summed E-state index contributed by atoms with van der Waals surface area (Å²) in [6.45, 7) is 1.16. The van der Waals surface area contributed by atoms with E-state index in [0.717, 1.165) is 25.1 Å². The number of carbonyl (C=O) groups excluding carboxylic acids is 1. The number of aliphatic hydroxyl groups is 1. The van der Waals surface area contributed by atoms with E-state index in [-0.39, 0.29) is 16.8 Å². The Kier molecular flexibility index (Phi) is 4.57. The molecule has 7 nitrogen and oxygen atoms in total. The molecule has 0 amide bonds. The highest BCUT2D eigenvalue weighted by molar-refractivity contribution is 6.31. The summed E-state index contributed by atoms with van der Waals surface area (Å²) in [5.41, 5.74) is -0.574. The van der Waals surface area contributed by atoms with E-state index in [4.69, 9.17) is 16.7 Å². The van der Waals surface area contributed by atoms with Gasteiger partial charge in [-0.2, -0.15) is 0 Å². The van der Waals surface area contributed by atoms with Gasteiger partial charge in [0.05, 0.1) is 4.92 Å². The molecule has 2 N–H and O–H groups in total. The van der Waals surface area contributed by atoms with Crippen molar-refractivity contribution in [3.05, 3.63) is 39.4 Å². The minimum Gasteiger partial charge on any atom is -0.479 e. The summed E-state index contributed by atoms with van der Waals surface area (Å²) in [6.07, 6.45) is -1.91. The van der Waals surface area contributed by atoms with Gasteiger partial charge in [-0.15, -0.1) is 11.6 Å². The second-order valence-electron chi connectivity index (χ2n) is 3.78. The molecule has 19 heavy (non-hydrogen) atoms. The van der Waals surface area contributed by atoms with E-state index in [1.807, 2.05) is 0 Å². The largest absolute Gasteiger partial charge is 0.479 e. The lowest BCUT2D eigenvalue weighted by atomic mass is 9.97. The summed E-state index contributed by atoms with van der Waals surface area (Å²) in [5, 5.41) is 27.6. The van der Waals surface area contributed by atoms with Crippen LogP contribution < -0.4 is 0 Å². The molecule has 0 bridgehead atoms. The number of aliphatic hydroxyl groups excluding tert-OH is 1. The summed E-state index contributed by atoms with van der Waals surface area (Å²) >= 11 is 5.80. The predicted molar refractivity (Wildman–Crippen MR) is 65.0 cm³/mol. The average Bonchev–Trinajstić information content (AvgIpc) is 2.35. The molecule has 0 aliphatic heterocycles. The number of non-ortho nitro benzene ring substituents is 1. The number of carboxylic acid groups (broad SMARTS) is 1. The zero-order chi connectivity index (χ0) is 14.7. The molecule has 0 saturated carbocycles. The molecule has 0 heterocycles. The van der Waals surface area contributed by atoms with Gasteiger partial charge in [0.15, 0.2) is 11.9 Å². The van der Waals surface area contributed by atoms with Crippen molar-refractivity contribution >= 4 is 29.0 Å². The molecular formula is C11H10ClNO6. The molecule has 0 aromatic heterocycles. The van der Waals surface area contributed by atoms with E-state index in [2.05, 4.69) is 0 Å². The topological polar surface area (TPSA) is 118 Å². The number of rotatable bonds is 5. The van der Waals surface area contributed by atoms with Gasteiger partial charge in [0.1, 0.15) is 5.38 Å². The van der Waals surface area contributed by atoms with Crippen LogP contribution in [0.5, 0.6) is 0 Å². The van der Waals surface area contributed by atoms with Gasteiger partial charge >= 0.3 is 5.97 Å². The van der Waals surface area contributed by atoms with Gasteiger partial charge in [-0.1, -0.05) is 0 Å². The second kappa shape index (κ2) is 5.77. The molecule has 1 rings (SSSR count). The highest BCUT2D eigenvalue weighted by Crippen LogP contribution is 2.32. The summed E-state index contributed by atoms with van der Waals surface area (Å²) in [5.74, 6) is -2.05. The number of hydrogen-bond acceptors (Lipinski definition) is 5. The molecule has 0 radical (unpaired) electrons. The monoisotopic (exact) mass is 287 g/mol. The summed E-state index contributed by atoms with van der Waals surface area (Å²) in [4.78, 5) is 31.9. The molecule has 8 heteroatoms. The van der Waals surface area contributed by atoms with Crippen molar-refractivity contribution in [1.29, 1.82) is 0 Å². The summed E-state index contributed by atoms with van der Waals surface area (Å²) < 4.78 is 0. The van der Waals surface area contributed by atoms with Crippen LogP contribution in [0.15, 0.2) is 18.2 Å². The first-order valence-electron chi connectivity index (χ1n) is 5.09. The summed E-state index contributed by atoms with van der Waals surface area (Å²) in [6, 6.07) is 3.10. The van der Waals surface area contributed by atoms with Crippen molar-refractivity contribution < 1.29 is 24.7 Å². The quantitative estimate of drug-likeness (QED) is 0.482. The number of nitrogens with zero attached hydrogens (tertiary/aromatic N) is 1. The molecule has 1 aromatic carbocycles. The fourth-order valence-corrected chi connectivity index (χ4v) is 1.69. The van der Waals surface area contributed by atoms with Gasteiger partial charge in [-0.05, 0) is 24.1 Å². The Hall–Kier alpha value is -1.99. The maximum atomic E-state index is 11.2. The first-order valence-corrected chi connectivity index (χ1v) is 5.53. The van der Waals surface area contributed by atoms with Gasteiger partial charge < -0.3 is 10.2 Å². The Labute approximate surface area is 112 Å². The minimum atomic E-state index is -1.91. The average molecular weight is 288 g/mol. The van der Waals surface area contributed by atoms with Gasteiger partial charge in [0.25, 0.3) is 5.69 Å². The number of hydrogen-bond donors (Lipinski definition) is 2. The second-order valence-corrected chi connectivity index (χ2v) is 4.22. The normalized spacial score (nSPS) is 13.6. The van der Waals surface area contributed by atoms with Crippen molar-refractivity contribution in [1.82, 2.24) is 0 Å². The number of alkyl halides is 1. The number of benzene rings is 1. The van der Waals surface area contributed by atoms with Crippen LogP contribution in [0.2, 0.25) is 0 Å². The fourth-order valence-electron chi connectivity index (χ4n) is 1.50. The third-order valence-electron chi connectivity index (χ3n) is 2.44. The van der Waals surface area contributed by atoms with Crippen LogP contribution in [0, 0.1) is 10.1 Å². The number of ketones is 1. The Morgan fingerprint density at radius 3 is 2.37 bits per heavy atom. The van der Waals surface area contributed by atoms with Crippen molar-refractivity contribution in [2.24, 2.45) is 0 Å². The van der Waals surface area contributed by atoms with Crippen LogP contribution in [0.1, 0.15) is 29.5 Å². The van der Waals surface area contributed by atoms with E-state index in [9.17, 15) is 24.8 Å². The maximum absolute atomic E-state index is 11.2. The molecule has 0 saturated heterocycles. The lowest BCUT2D eigenvalue weighted by Crippen LogP contribution is -2.15. The van der Waals surface area contributed by atoms with Crippen LogP contribution in [0.25, 0.3) is 0 Å². The lowest BCUT2D eigenvalue weighted by molar-refractivity contribution is -0.384. The van der Waals surface area contributed by atoms with Gasteiger partial charge in [0, 0.05) is 12.1 Å². The van der Waals surface area contributed by atoms with Crippen LogP contribution in [0.4, 0.5) is 5.69 Å². The number of aliphatic carboxylic acids is 1. The molecule has 0 aliphatic carbocycles. The predicted octanol–water partition coefficient (Wildman–Crippen LogP) is 1.58. The van der Waals surface area contributed by atoms with E-state index in [1.165, 1.54) is 0 Å². The summed E-state index contributed by atoms with van der Waals surface area (Å²) in [7, 11) is 0. The first-order chi connectivity index (χ1) is 8.75. The van der Waals surface area contributed by atoms with Crippen LogP contribution >= 0.6 is 11.6 Å². The first kappa shape index (κ1) is 15.1.